The molecule has 5 aliphatic heterocycles. The molecule has 3 fully saturated rings. The van der Waals surface area contributed by atoms with E-state index in [4.69, 9.17) is 27.9 Å². The molecular formula is C32H42B3BrF4O10. The van der Waals surface area contributed by atoms with E-state index in [1.54, 1.807) is 12.1 Å². The van der Waals surface area contributed by atoms with Crippen LogP contribution in [0.1, 0.15) is 83.1 Å². The van der Waals surface area contributed by atoms with Gasteiger partial charge in [0.1, 0.15) is 0 Å². The fraction of sp³-hybridized carbons (Fsp3) is 0.625. The summed E-state index contributed by atoms with van der Waals surface area (Å²) >= 11 is 3.12. The average Bonchev–Trinajstić information content (AvgIpc) is 3.61. The number of rotatable bonds is 2. The fourth-order valence-corrected chi connectivity index (χ4v) is 5.35. The summed E-state index contributed by atoms with van der Waals surface area (Å²) in [6, 6.07) is 8.96. The van der Waals surface area contributed by atoms with Crippen molar-refractivity contribution in [2.24, 2.45) is 0 Å². The van der Waals surface area contributed by atoms with Gasteiger partial charge in [-0.3, -0.25) is 0 Å². The number of alkyl halides is 4. The quantitative estimate of drug-likeness (QED) is 0.228. The lowest BCUT2D eigenvalue weighted by atomic mass is 9.49. The predicted molar refractivity (Wildman–Crippen MR) is 181 cm³/mol. The van der Waals surface area contributed by atoms with E-state index in [2.05, 4.69) is 34.9 Å². The number of benzene rings is 2. The van der Waals surface area contributed by atoms with Crippen LogP contribution in [-0.2, 0) is 27.9 Å². The molecule has 5 aliphatic rings. The smallest absolute Gasteiger partial charge is 0.405 e. The minimum atomic E-state index is -3.61. The van der Waals surface area contributed by atoms with Crippen molar-refractivity contribution in [3.63, 3.8) is 0 Å². The highest BCUT2D eigenvalue weighted by atomic mass is 79.9. The molecule has 2 aromatic carbocycles. The molecule has 2 aromatic rings. The molecule has 0 aliphatic carbocycles. The first kappa shape index (κ1) is 39.0. The van der Waals surface area contributed by atoms with Crippen LogP contribution >= 0.6 is 15.9 Å². The summed E-state index contributed by atoms with van der Waals surface area (Å²) in [5.41, 5.74) is -1.80. The van der Waals surface area contributed by atoms with Crippen molar-refractivity contribution in [1.29, 1.82) is 0 Å². The Labute approximate surface area is 299 Å². The average molecular weight is 775 g/mol. The summed E-state index contributed by atoms with van der Waals surface area (Å²) in [7, 11) is -1.57. The van der Waals surface area contributed by atoms with Crippen LogP contribution in [0.25, 0.3) is 0 Å². The molecule has 0 atom stereocenters. The van der Waals surface area contributed by atoms with Crippen LogP contribution in [0.5, 0.6) is 23.0 Å². The summed E-state index contributed by atoms with van der Waals surface area (Å²) in [4.78, 5) is 0. The van der Waals surface area contributed by atoms with Gasteiger partial charge in [0.15, 0.2) is 23.0 Å². The van der Waals surface area contributed by atoms with Gasteiger partial charge in [0, 0.05) is 4.47 Å². The summed E-state index contributed by atoms with van der Waals surface area (Å²) in [5, 5.41) is 0. The molecule has 10 nitrogen and oxygen atoms in total. The highest BCUT2D eigenvalue weighted by Crippen LogP contribution is 2.45. The maximum absolute atomic E-state index is 13.0. The van der Waals surface area contributed by atoms with E-state index in [0.29, 0.717) is 9.94 Å². The Bertz CT molecular complexity index is 1530. The van der Waals surface area contributed by atoms with Crippen molar-refractivity contribution < 1.29 is 64.4 Å². The van der Waals surface area contributed by atoms with Crippen molar-refractivity contribution in [2.45, 2.75) is 129 Å². The Morgan fingerprint density at radius 1 is 0.440 bits per heavy atom. The predicted octanol–water partition coefficient (Wildman–Crippen LogP) is 7.33. The minimum absolute atomic E-state index is 0.00951. The maximum Gasteiger partial charge on any atom is 0.586 e. The van der Waals surface area contributed by atoms with E-state index >= 15 is 0 Å². The SMILES string of the molecule is CC1(C)OB(B2OC(C)(C)C(C)(C)O2)OC1(C)C.CC1(C)OB(c2ccc3c(c2)OC(F)(F)O3)OC1(C)C.FC1(F)Oc2ccc(Br)cc2O1. The maximum atomic E-state index is 13.0. The molecule has 0 bridgehead atoms. The third-order valence-corrected chi connectivity index (χ3v) is 10.6. The topological polar surface area (TPSA) is 92.3 Å². The van der Waals surface area contributed by atoms with Crippen molar-refractivity contribution in [3.05, 3.63) is 40.9 Å². The number of halogens is 5. The van der Waals surface area contributed by atoms with Crippen LogP contribution in [0.2, 0.25) is 0 Å². The van der Waals surface area contributed by atoms with Gasteiger partial charge in [0.2, 0.25) is 0 Å². The van der Waals surface area contributed by atoms with Gasteiger partial charge < -0.3 is 46.9 Å². The first-order valence-electron chi connectivity index (χ1n) is 16.1. The standard InChI is InChI=1S/C13H15BF2O4.C12H24B2O4.C7H3BrF2O2/c1-11(2)12(3,4)20-14(19-11)8-5-6-9-10(7-8)18-13(15,16)17-9;1-9(2)10(3,4)16-13(15-9)14-17-11(5,6)12(7,8)18-14;8-4-1-2-5-6(3-4)12-7(9,10)11-5/h5-7H,1-4H3;1-8H3;1-3H. The van der Waals surface area contributed by atoms with Gasteiger partial charge >= 0.3 is 33.7 Å². The molecule has 0 unspecified atom stereocenters. The molecule has 5 heterocycles. The zero-order valence-electron chi connectivity index (χ0n) is 30.2. The summed E-state index contributed by atoms with van der Waals surface area (Å²) in [6.07, 6.45) is -7.14. The third-order valence-electron chi connectivity index (χ3n) is 10.1. The molecule has 0 aromatic heterocycles. The van der Waals surface area contributed by atoms with Crippen LogP contribution in [0, 0.1) is 0 Å². The first-order valence-corrected chi connectivity index (χ1v) is 16.9. The van der Waals surface area contributed by atoms with Crippen molar-refractivity contribution in [3.8, 4) is 23.0 Å². The summed E-state index contributed by atoms with van der Waals surface area (Å²) in [5.74, 6) is 0.107. The molecule has 0 amide bonds. The van der Waals surface area contributed by atoms with E-state index in [1.807, 2.05) is 83.1 Å². The van der Waals surface area contributed by atoms with Gasteiger partial charge in [-0.2, -0.15) is 0 Å². The monoisotopic (exact) mass is 774 g/mol. The Balaban J connectivity index is 0.000000150. The largest absolute Gasteiger partial charge is 0.586 e. The van der Waals surface area contributed by atoms with Crippen LogP contribution in [0.4, 0.5) is 17.6 Å². The molecule has 0 saturated carbocycles. The van der Waals surface area contributed by atoms with Crippen LogP contribution in [0.15, 0.2) is 40.9 Å². The lowest BCUT2D eigenvalue weighted by Crippen LogP contribution is -2.41. The Morgan fingerprint density at radius 2 is 0.760 bits per heavy atom. The van der Waals surface area contributed by atoms with Crippen LogP contribution in [0.3, 0.4) is 0 Å². The van der Waals surface area contributed by atoms with E-state index in [1.165, 1.54) is 24.3 Å². The van der Waals surface area contributed by atoms with E-state index in [9.17, 15) is 17.6 Å². The van der Waals surface area contributed by atoms with Gasteiger partial charge in [-0.25, -0.2) is 0 Å². The van der Waals surface area contributed by atoms with Crippen LogP contribution in [-0.4, -0.2) is 67.3 Å². The van der Waals surface area contributed by atoms with E-state index < -0.39 is 44.9 Å². The zero-order valence-corrected chi connectivity index (χ0v) is 31.8. The Morgan fingerprint density at radius 3 is 1.16 bits per heavy atom. The molecule has 0 radical (unpaired) electrons. The van der Waals surface area contributed by atoms with E-state index in [0.717, 1.165) is 0 Å². The first-order chi connectivity index (χ1) is 22.5. The fourth-order valence-electron chi connectivity index (χ4n) is 5.01. The molecular weight excluding hydrogens is 733 g/mol. The number of hydrogen-bond acceptors (Lipinski definition) is 10. The molecule has 7 rings (SSSR count). The molecule has 18 heteroatoms. The second-order valence-electron chi connectivity index (χ2n) is 15.5. The second-order valence-corrected chi connectivity index (χ2v) is 16.4. The van der Waals surface area contributed by atoms with Gasteiger partial charge in [-0.05, 0) is 119 Å². The lowest BCUT2D eigenvalue weighted by molar-refractivity contribution is -0.287. The molecule has 3 saturated heterocycles. The highest BCUT2D eigenvalue weighted by molar-refractivity contribution is 9.10. The Hall–Kier alpha value is -2.21. The van der Waals surface area contributed by atoms with Gasteiger partial charge in [-0.1, -0.05) is 22.0 Å². The summed E-state index contributed by atoms with van der Waals surface area (Å²) in [6.45, 7) is 23.9. The lowest BCUT2D eigenvalue weighted by Gasteiger charge is -2.32. The van der Waals surface area contributed by atoms with Crippen LogP contribution < -0.4 is 24.4 Å². The molecule has 50 heavy (non-hydrogen) atoms. The van der Waals surface area contributed by atoms with Gasteiger partial charge in [-0.15, -0.1) is 17.6 Å². The molecule has 274 valence electrons. The van der Waals surface area contributed by atoms with Gasteiger partial charge in [0.05, 0.1) is 33.6 Å². The minimum Gasteiger partial charge on any atom is -0.405 e. The number of hydrogen-bond donors (Lipinski definition) is 0. The highest BCUT2D eigenvalue weighted by Gasteiger charge is 2.64. The summed E-state index contributed by atoms with van der Waals surface area (Å²) < 4.78 is 104. The number of ether oxygens (including phenoxy) is 4. The molecule has 0 N–H and O–H groups in total. The van der Waals surface area contributed by atoms with Crippen molar-refractivity contribution in [1.82, 2.24) is 0 Å². The third kappa shape index (κ3) is 7.76. The normalized spacial score (nSPS) is 25.8. The van der Waals surface area contributed by atoms with Crippen molar-refractivity contribution >= 4 is 42.5 Å². The van der Waals surface area contributed by atoms with Gasteiger partial charge in [0.25, 0.3) is 0 Å². The second kappa shape index (κ2) is 12.4. The molecule has 0 spiro atoms. The zero-order chi connectivity index (χ0) is 37.5. The van der Waals surface area contributed by atoms with E-state index in [-0.39, 0.29) is 45.4 Å². The number of fused-ring (bicyclic) bond motifs is 2. The van der Waals surface area contributed by atoms with Crippen molar-refractivity contribution in [2.75, 3.05) is 0 Å². The Kier molecular flexibility index (Phi) is 9.71.